The number of carbonyl (C=O) groups is 1. The van der Waals surface area contributed by atoms with E-state index in [2.05, 4.69) is 10.0 Å². The molecule has 1 fully saturated rings. The third-order valence-electron chi connectivity index (χ3n) is 4.01. The summed E-state index contributed by atoms with van der Waals surface area (Å²) in [6, 6.07) is 14.0. The van der Waals surface area contributed by atoms with Gasteiger partial charge >= 0.3 is 0 Å². The van der Waals surface area contributed by atoms with Crippen LogP contribution in [0.4, 0.5) is 0 Å². The number of sulfonamides is 1. The summed E-state index contributed by atoms with van der Waals surface area (Å²) in [5, 5.41) is 2.83. The highest BCUT2D eigenvalue weighted by Gasteiger charge is 2.28. The number of hydrogen-bond acceptors (Lipinski definition) is 3. The van der Waals surface area contributed by atoms with E-state index in [-0.39, 0.29) is 16.8 Å². The normalized spacial score (nSPS) is 14.4. The van der Waals surface area contributed by atoms with Crippen LogP contribution >= 0.6 is 0 Å². The maximum absolute atomic E-state index is 12.3. The standard InChI is InChI=1S/C18H20N2O3S/c1-13-5-2-3-6-15(13)12-19-18(21)14-7-4-8-17(11-14)24(22,23)20-16-9-10-16/h2-8,11,16,20H,9-10,12H2,1H3,(H,19,21). The van der Waals surface area contributed by atoms with Gasteiger partial charge in [-0.1, -0.05) is 30.3 Å². The Bertz CT molecular complexity index is 858. The van der Waals surface area contributed by atoms with Crippen molar-refractivity contribution < 1.29 is 13.2 Å². The molecule has 0 saturated heterocycles. The van der Waals surface area contributed by atoms with Crippen molar-refractivity contribution in [3.8, 4) is 0 Å². The lowest BCUT2D eigenvalue weighted by molar-refractivity contribution is 0.0950. The maximum atomic E-state index is 12.3. The van der Waals surface area contributed by atoms with Crippen molar-refractivity contribution in [2.75, 3.05) is 0 Å². The molecule has 0 heterocycles. The first-order valence-corrected chi connectivity index (χ1v) is 9.39. The number of nitrogens with one attached hydrogen (secondary N) is 2. The molecule has 2 aromatic carbocycles. The molecule has 1 aliphatic carbocycles. The van der Waals surface area contributed by atoms with Gasteiger partial charge in [0.25, 0.3) is 5.91 Å². The van der Waals surface area contributed by atoms with Crippen molar-refractivity contribution in [1.29, 1.82) is 0 Å². The van der Waals surface area contributed by atoms with Crippen LogP contribution in [0.25, 0.3) is 0 Å². The van der Waals surface area contributed by atoms with Crippen LogP contribution in [0.3, 0.4) is 0 Å². The van der Waals surface area contributed by atoms with Crippen LogP contribution < -0.4 is 10.0 Å². The number of carbonyl (C=O) groups excluding carboxylic acids is 1. The van der Waals surface area contributed by atoms with Gasteiger partial charge in [-0.3, -0.25) is 4.79 Å². The van der Waals surface area contributed by atoms with E-state index in [9.17, 15) is 13.2 Å². The minimum Gasteiger partial charge on any atom is -0.348 e. The van der Waals surface area contributed by atoms with E-state index in [1.165, 1.54) is 12.1 Å². The van der Waals surface area contributed by atoms with Crippen molar-refractivity contribution in [1.82, 2.24) is 10.0 Å². The van der Waals surface area contributed by atoms with Crippen molar-refractivity contribution in [2.45, 2.75) is 37.2 Å². The fraction of sp³-hybridized carbons (Fsp3) is 0.278. The molecule has 0 aromatic heterocycles. The van der Waals surface area contributed by atoms with Gasteiger partial charge in [0.15, 0.2) is 0 Å². The van der Waals surface area contributed by atoms with E-state index < -0.39 is 10.0 Å². The van der Waals surface area contributed by atoms with Gasteiger partial charge in [0.2, 0.25) is 10.0 Å². The zero-order valence-corrected chi connectivity index (χ0v) is 14.3. The van der Waals surface area contributed by atoms with E-state index in [0.717, 1.165) is 24.0 Å². The van der Waals surface area contributed by atoms with Crippen molar-refractivity contribution in [2.24, 2.45) is 0 Å². The smallest absolute Gasteiger partial charge is 0.251 e. The first kappa shape index (κ1) is 16.7. The quantitative estimate of drug-likeness (QED) is 0.845. The molecular weight excluding hydrogens is 324 g/mol. The molecule has 0 spiro atoms. The van der Waals surface area contributed by atoms with E-state index in [4.69, 9.17) is 0 Å². The minimum atomic E-state index is -3.56. The number of rotatable bonds is 6. The molecule has 24 heavy (non-hydrogen) atoms. The van der Waals surface area contributed by atoms with E-state index in [1.54, 1.807) is 12.1 Å². The highest BCUT2D eigenvalue weighted by Crippen LogP contribution is 2.22. The lowest BCUT2D eigenvalue weighted by Gasteiger charge is -2.10. The van der Waals surface area contributed by atoms with Crippen molar-refractivity contribution >= 4 is 15.9 Å². The Kier molecular flexibility index (Phi) is 4.69. The fourth-order valence-corrected chi connectivity index (χ4v) is 3.73. The Labute approximate surface area is 142 Å². The van der Waals surface area contributed by atoms with E-state index >= 15 is 0 Å². The second-order valence-electron chi connectivity index (χ2n) is 6.03. The van der Waals surface area contributed by atoms with Gasteiger partial charge in [-0.25, -0.2) is 13.1 Å². The third-order valence-corrected chi connectivity index (χ3v) is 5.52. The molecule has 6 heteroatoms. The minimum absolute atomic E-state index is 0.0357. The zero-order valence-electron chi connectivity index (χ0n) is 13.5. The number of hydrogen-bond donors (Lipinski definition) is 2. The first-order valence-electron chi connectivity index (χ1n) is 7.91. The monoisotopic (exact) mass is 344 g/mol. The van der Waals surface area contributed by atoms with Gasteiger partial charge in [-0.15, -0.1) is 0 Å². The van der Waals surface area contributed by atoms with Gasteiger partial charge in [0.1, 0.15) is 0 Å². The predicted octanol–water partition coefficient (Wildman–Crippen LogP) is 2.37. The Balaban J connectivity index is 1.71. The molecule has 2 N–H and O–H groups in total. The predicted molar refractivity (Wildman–Crippen MR) is 92.1 cm³/mol. The molecule has 0 radical (unpaired) electrons. The molecule has 0 aliphatic heterocycles. The van der Waals surface area contributed by atoms with Crippen LogP contribution in [-0.2, 0) is 16.6 Å². The van der Waals surface area contributed by atoms with E-state index in [0.29, 0.717) is 12.1 Å². The summed E-state index contributed by atoms with van der Waals surface area (Å²) in [5.74, 6) is -0.290. The largest absolute Gasteiger partial charge is 0.348 e. The molecule has 2 aromatic rings. The molecule has 0 unspecified atom stereocenters. The lowest BCUT2D eigenvalue weighted by Crippen LogP contribution is -2.27. The van der Waals surface area contributed by atoms with Crippen LogP contribution in [0.2, 0.25) is 0 Å². The van der Waals surface area contributed by atoms with Crippen LogP contribution in [0.1, 0.15) is 34.3 Å². The average Bonchev–Trinajstić information content (AvgIpc) is 3.37. The molecule has 3 rings (SSSR count). The highest BCUT2D eigenvalue weighted by atomic mass is 32.2. The summed E-state index contributed by atoms with van der Waals surface area (Å²) in [7, 11) is -3.56. The Morgan fingerprint density at radius 2 is 1.88 bits per heavy atom. The molecule has 5 nitrogen and oxygen atoms in total. The molecule has 1 aliphatic rings. The summed E-state index contributed by atoms with van der Waals surface area (Å²) in [5.41, 5.74) is 2.47. The Hall–Kier alpha value is -2.18. The molecular formula is C18H20N2O3S. The molecule has 1 amide bonds. The van der Waals surface area contributed by atoms with Gasteiger partial charge < -0.3 is 5.32 Å². The van der Waals surface area contributed by atoms with Gasteiger partial charge in [0, 0.05) is 18.2 Å². The second kappa shape index (κ2) is 6.75. The molecule has 0 atom stereocenters. The third kappa shape index (κ3) is 4.01. The summed E-state index contributed by atoms with van der Waals surface area (Å²) in [6.07, 6.45) is 1.74. The summed E-state index contributed by atoms with van der Waals surface area (Å²) in [6.45, 7) is 2.39. The molecule has 126 valence electrons. The summed E-state index contributed by atoms with van der Waals surface area (Å²) < 4.78 is 27.1. The summed E-state index contributed by atoms with van der Waals surface area (Å²) in [4.78, 5) is 12.4. The van der Waals surface area contributed by atoms with Crippen molar-refractivity contribution in [3.05, 3.63) is 65.2 Å². The Morgan fingerprint density at radius 1 is 1.12 bits per heavy atom. The van der Waals surface area contributed by atoms with Gasteiger partial charge in [0.05, 0.1) is 4.90 Å². The van der Waals surface area contributed by atoms with Crippen LogP contribution in [0, 0.1) is 6.92 Å². The van der Waals surface area contributed by atoms with Gasteiger partial charge in [-0.05, 0) is 49.1 Å². The SMILES string of the molecule is Cc1ccccc1CNC(=O)c1cccc(S(=O)(=O)NC2CC2)c1. The number of benzene rings is 2. The van der Waals surface area contributed by atoms with Crippen LogP contribution in [0.5, 0.6) is 0 Å². The molecule has 1 saturated carbocycles. The number of aryl methyl sites for hydroxylation is 1. The van der Waals surface area contributed by atoms with Gasteiger partial charge in [-0.2, -0.15) is 0 Å². The topological polar surface area (TPSA) is 75.3 Å². The fourth-order valence-electron chi connectivity index (χ4n) is 2.38. The first-order chi connectivity index (χ1) is 11.5. The highest BCUT2D eigenvalue weighted by molar-refractivity contribution is 7.89. The second-order valence-corrected chi connectivity index (χ2v) is 7.75. The lowest BCUT2D eigenvalue weighted by atomic mass is 10.1. The average molecular weight is 344 g/mol. The zero-order chi connectivity index (χ0) is 17.2. The maximum Gasteiger partial charge on any atom is 0.251 e. The van der Waals surface area contributed by atoms with Crippen LogP contribution in [-0.4, -0.2) is 20.4 Å². The van der Waals surface area contributed by atoms with E-state index in [1.807, 2.05) is 31.2 Å². The number of amides is 1. The summed E-state index contributed by atoms with van der Waals surface area (Å²) >= 11 is 0. The molecule has 0 bridgehead atoms. The van der Waals surface area contributed by atoms with Crippen LogP contribution in [0.15, 0.2) is 53.4 Å². The Morgan fingerprint density at radius 3 is 2.58 bits per heavy atom. The van der Waals surface area contributed by atoms with Crippen molar-refractivity contribution in [3.63, 3.8) is 0 Å².